The second kappa shape index (κ2) is 7.78. The molecule has 0 saturated carbocycles. The van der Waals surface area contributed by atoms with Gasteiger partial charge in [0.15, 0.2) is 5.78 Å². The monoisotopic (exact) mass is 395 g/mol. The van der Waals surface area contributed by atoms with E-state index in [1.54, 1.807) is 25.1 Å². The number of rotatable bonds is 6. The number of ketones is 1. The number of carbonyl (C=O) groups excluding carboxylic acids is 1. The first kappa shape index (κ1) is 20.4. The van der Waals surface area contributed by atoms with Crippen LogP contribution in [-0.4, -0.2) is 38.7 Å². The van der Waals surface area contributed by atoms with E-state index in [1.807, 2.05) is 19.9 Å². The summed E-state index contributed by atoms with van der Waals surface area (Å²) in [6.45, 7) is 5.43. The second-order valence-electron chi connectivity index (χ2n) is 6.16. The molecule has 26 heavy (non-hydrogen) atoms. The molecule has 0 aromatic heterocycles. The van der Waals surface area contributed by atoms with Crippen LogP contribution in [0, 0.1) is 13.8 Å². The average molecular weight is 396 g/mol. The molecule has 2 rings (SSSR count). The Labute approximate surface area is 159 Å². The van der Waals surface area contributed by atoms with E-state index in [9.17, 15) is 13.2 Å². The predicted octanol–water partition coefficient (Wildman–Crippen LogP) is 3.86. The Morgan fingerprint density at radius 1 is 1.12 bits per heavy atom. The summed E-state index contributed by atoms with van der Waals surface area (Å²) in [5.74, 6) is -0.104. The molecule has 2 aromatic carbocycles. The predicted molar refractivity (Wildman–Crippen MR) is 103 cm³/mol. The number of carbonyl (C=O) groups is 1. The summed E-state index contributed by atoms with van der Waals surface area (Å²) < 4.78 is 32.2. The smallest absolute Gasteiger partial charge is 0.247 e. The Morgan fingerprint density at radius 3 is 2.35 bits per heavy atom. The number of Topliss-reactive ketones (excluding diaryl/α,β-unsaturated/α-hetero) is 1. The van der Waals surface area contributed by atoms with Gasteiger partial charge in [0.1, 0.15) is 10.6 Å². The number of ether oxygens (including phenoxy) is 1. The van der Waals surface area contributed by atoms with Crippen molar-refractivity contribution in [3.63, 3.8) is 0 Å². The third-order valence-electron chi connectivity index (χ3n) is 4.50. The molecule has 0 aliphatic rings. The highest BCUT2D eigenvalue weighted by Crippen LogP contribution is 2.30. The van der Waals surface area contributed by atoms with Crippen molar-refractivity contribution in [3.05, 3.63) is 58.1 Å². The highest BCUT2D eigenvalue weighted by Gasteiger charge is 2.32. The standard InChI is InChI=1S/C19H22ClNO4S/c1-12-6-7-15(10-13(12)2)19(22)14(3)21(4)26(23,24)18-11-16(20)8-9-17(18)25-5/h6-11,14H,1-5H3. The van der Waals surface area contributed by atoms with Gasteiger partial charge in [-0.05, 0) is 56.2 Å². The van der Waals surface area contributed by atoms with E-state index in [0.717, 1.165) is 15.4 Å². The Bertz CT molecular complexity index is 941. The molecule has 0 radical (unpaired) electrons. The molecule has 0 bridgehead atoms. The van der Waals surface area contributed by atoms with Crippen LogP contribution in [0.1, 0.15) is 28.4 Å². The Kier molecular flexibility index (Phi) is 6.11. The lowest BCUT2D eigenvalue weighted by Crippen LogP contribution is -2.40. The van der Waals surface area contributed by atoms with Crippen molar-refractivity contribution >= 4 is 27.4 Å². The lowest BCUT2D eigenvalue weighted by Gasteiger charge is -2.24. The van der Waals surface area contributed by atoms with E-state index in [0.29, 0.717) is 5.56 Å². The average Bonchev–Trinajstić information content (AvgIpc) is 2.62. The first-order valence-electron chi connectivity index (χ1n) is 8.02. The maximum Gasteiger partial charge on any atom is 0.247 e. The number of hydrogen-bond donors (Lipinski definition) is 0. The summed E-state index contributed by atoms with van der Waals surface area (Å²) in [5, 5.41) is 0.269. The molecule has 0 heterocycles. The Hall–Kier alpha value is -1.89. The molecular weight excluding hydrogens is 374 g/mol. The second-order valence-corrected chi connectivity index (χ2v) is 8.56. The Morgan fingerprint density at radius 2 is 1.77 bits per heavy atom. The molecular formula is C19H22ClNO4S. The minimum atomic E-state index is -3.97. The van der Waals surface area contributed by atoms with Crippen LogP contribution < -0.4 is 4.74 Å². The molecule has 0 N–H and O–H groups in total. The molecule has 0 spiro atoms. The van der Waals surface area contributed by atoms with Crippen LogP contribution in [0.15, 0.2) is 41.3 Å². The lowest BCUT2D eigenvalue weighted by molar-refractivity contribution is 0.0919. The van der Waals surface area contributed by atoms with Crippen molar-refractivity contribution in [1.82, 2.24) is 4.31 Å². The van der Waals surface area contributed by atoms with E-state index < -0.39 is 16.1 Å². The number of methoxy groups -OCH3 is 1. The molecule has 0 amide bonds. The van der Waals surface area contributed by atoms with E-state index in [-0.39, 0.29) is 21.5 Å². The summed E-state index contributed by atoms with van der Waals surface area (Å²) >= 11 is 5.95. The zero-order valence-electron chi connectivity index (χ0n) is 15.4. The molecule has 0 aliphatic carbocycles. The molecule has 0 aliphatic heterocycles. The van der Waals surface area contributed by atoms with Crippen LogP contribution in [0.5, 0.6) is 5.75 Å². The van der Waals surface area contributed by atoms with Gasteiger partial charge >= 0.3 is 0 Å². The highest BCUT2D eigenvalue weighted by molar-refractivity contribution is 7.89. The van der Waals surface area contributed by atoms with Gasteiger partial charge in [0, 0.05) is 17.6 Å². The zero-order chi connectivity index (χ0) is 19.6. The van der Waals surface area contributed by atoms with Gasteiger partial charge in [0.25, 0.3) is 0 Å². The summed E-state index contributed by atoms with van der Waals surface area (Å²) in [6, 6.07) is 8.80. The summed E-state index contributed by atoms with van der Waals surface area (Å²) in [4.78, 5) is 12.7. The number of halogens is 1. The van der Waals surface area contributed by atoms with Gasteiger partial charge in [-0.2, -0.15) is 4.31 Å². The van der Waals surface area contributed by atoms with Gasteiger partial charge in [0.2, 0.25) is 10.0 Å². The molecule has 7 heteroatoms. The van der Waals surface area contributed by atoms with E-state index in [1.165, 1.54) is 26.3 Å². The van der Waals surface area contributed by atoms with Gasteiger partial charge < -0.3 is 4.74 Å². The van der Waals surface area contributed by atoms with Gasteiger partial charge in [0.05, 0.1) is 13.2 Å². The fourth-order valence-electron chi connectivity index (χ4n) is 2.52. The topological polar surface area (TPSA) is 63.7 Å². The number of sulfonamides is 1. The number of benzene rings is 2. The summed E-state index contributed by atoms with van der Waals surface area (Å²) in [7, 11) is -1.22. The SMILES string of the molecule is COc1ccc(Cl)cc1S(=O)(=O)N(C)C(C)C(=O)c1ccc(C)c(C)c1. The first-order valence-corrected chi connectivity index (χ1v) is 9.84. The molecule has 0 saturated heterocycles. The molecule has 1 atom stereocenters. The van der Waals surface area contributed by atoms with Crippen molar-refractivity contribution in [3.8, 4) is 5.75 Å². The minimum Gasteiger partial charge on any atom is -0.495 e. The van der Waals surface area contributed by atoms with Crippen LogP contribution in [0.25, 0.3) is 0 Å². The number of aryl methyl sites for hydroxylation is 2. The molecule has 140 valence electrons. The first-order chi connectivity index (χ1) is 12.1. The third kappa shape index (κ3) is 3.92. The fraction of sp³-hybridized carbons (Fsp3) is 0.316. The van der Waals surface area contributed by atoms with Gasteiger partial charge in [-0.15, -0.1) is 0 Å². The molecule has 5 nitrogen and oxygen atoms in total. The normalized spacial score (nSPS) is 12.9. The number of nitrogens with zero attached hydrogens (tertiary/aromatic N) is 1. The summed E-state index contributed by atoms with van der Waals surface area (Å²) in [6.07, 6.45) is 0. The van der Waals surface area contributed by atoms with Gasteiger partial charge in [-0.25, -0.2) is 8.42 Å². The quantitative estimate of drug-likeness (QED) is 0.697. The maximum atomic E-state index is 13.0. The lowest BCUT2D eigenvalue weighted by atomic mass is 10.0. The van der Waals surface area contributed by atoms with Crippen molar-refractivity contribution in [2.75, 3.05) is 14.2 Å². The molecule has 0 fully saturated rings. The summed E-state index contributed by atoms with van der Waals surface area (Å²) in [5.41, 5.74) is 2.52. The van der Waals surface area contributed by atoms with Crippen LogP contribution >= 0.6 is 11.6 Å². The van der Waals surface area contributed by atoms with Crippen molar-refractivity contribution in [2.24, 2.45) is 0 Å². The highest BCUT2D eigenvalue weighted by atomic mass is 35.5. The zero-order valence-corrected chi connectivity index (χ0v) is 17.0. The van der Waals surface area contributed by atoms with Gasteiger partial charge in [-0.3, -0.25) is 4.79 Å². The van der Waals surface area contributed by atoms with Crippen molar-refractivity contribution in [2.45, 2.75) is 31.7 Å². The van der Waals surface area contributed by atoms with Crippen LogP contribution in [0.2, 0.25) is 5.02 Å². The van der Waals surface area contributed by atoms with Crippen LogP contribution in [0.3, 0.4) is 0 Å². The molecule has 1 unspecified atom stereocenters. The largest absolute Gasteiger partial charge is 0.495 e. The van der Waals surface area contributed by atoms with Crippen LogP contribution in [0.4, 0.5) is 0 Å². The van der Waals surface area contributed by atoms with Gasteiger partial charge in [-0.1, -0.05) is 23.7 Å². The minimum absolute atomic E-state index is 0.0743. The van der Waals surface area contributed by atoms with E-state index >= 15 is 0 Å². The Balaban J connectivity index is 2.40. The van der Waals surface area contributed by atoms with Crippen molar-refractivity contribution < 1.29 is 17.9 Å². The maximum absolute atomic E-state index is 13.0. The van der Waals surface area contributed by atoms with Crippen molar-refractivity contribution in [1.29, 1.82) is 0 Å². The van der Waals surface area contributed by atoms with E-state index in [2.05, 4.69) is 0 Å². The number of hydrogen-bond acceptors (Lipinski definition) is 4. The van der Waals surface area contributed by atoms with Crippen LogP contribution in [-0.2, 0) is 10.0 Å². The van der Waals surface area contributed by atoms with E-state index in [4.69, 9.17) is 16.3 Å². The fourth-order valence-corrected chi connectivity index (χ4v) is 4.26. The number of likely N-dealkylation sites (N-methyl/N-ethyl adjacent to an activating group) is 1. The third-order valence-corrected chi connectivity index (χ3v) is 6.68. The molecule has 2 aromatic rings.